The van der Waals surface area contributed by atoms with Gasteiger partial charge in [0.2, 0.25) is 0 Å². The third kappa shape index (κ3) is 561. The van der Waals surface area contributed by atoms with Crippen LogP contribution in [0.2, 0.25) is 0 Å². The molecule has 0 aromatic heterocycles. The number of carbonyl (C=O) groups is 4. The normalized spacial score (nSPS) is 7.68. The first-order valence-electron chi connectivity index (χ1n) is 15.0. The Morgan fingerprint density at radius 3 is 0.825 bits per heavy atom. The summed E-state index contributed by atoms with van der Waals surface area (Å²) in [6, 6.07) is 0. The Hall–Kier alpha value is 0.103. The van der Waals surface area contributed by atoms with Crippen molar-refractivity contribution >= 4 is 24.5 Å². The average Bonchev–Trinajstić information content (AvgIpc) is 3.01. The molecule has 0 unspecified atom stereocenters. The van der Waals surface area contributed by atoms with Crippen molar-refractivity contribution in [3.05, 3.63) is 12.2 Å². The molecule has 0 aliphatic heterocycles. The molecule has 57 heavy (non-hydrogen) atoms. The van der Waals surface area contributed by atoms with Gasteiger partial charge in [-0.25, -0.2) is 22.4 Å². The molecular formula is C32H65F17K2O6. The number of halogens is 17. The van der Waals surface area contributed by atoms with E-state index in [4.69, 9.17) is 24.6 Å². The molecule has 0 aliphatic carbocycles. The Morgan fingerprint density at radius 2 is 0.825 bits per heavy atom. The minimum atomic E-state index is -3.69. The second kappa shape index (κ2) is 124. The van der Waals surface area contributed by atoms with E-state index >= 15 is 0 Å². The Kier molecular flexibility index (Phi) is 243. The molecule has 0 radical (unpaired) electrons. The fourth-order valence-electron chi connectivity index (χ4n) is 0.223. The number of hydrogen-bond donors (Lipinski definition) is 1. The molecule has 0 saturated carbocycles. The first-order valence-corrected chi connectivity index (χ1v) is 15.0. The monoisotopic (exact) mass is 946 g/mol. The number of rotatable bonds is 6. The average molecular weight is 947 g/mol. The van der Waals surface area contributed by atoms with Gasteiger partial charge in [-0.2, -0.15) is 35.1 Å². The summed E-state index contributed by atoms with van der Waals surface area (Å²) in [7, 11) is 0. The fraction of sp³-hybridized carbons (Fsp3) is 0.812. The molecule has 0 rings (SSSR count). The fourth-order valence-corrected chi connectivity index (χ4v) is 0.223. The van der Waals surface area contributed by atoms with Crippen LogP contribution in [0.5, 0.6) is 0 Å². The van der Waals surface area contributed by atoms with Crippen molar-refractivity contribution < 1.29 is 207 Å². The molecular weight excluding hydrogens is 882 g/mol. The maximum absolute atomic E-state index is 11.2. The zero-order chi connectivity index (χ0) is 46.5. The molecule has 0 saturated heterocycles. The van der Waals surface area contributed by atoms with Crippen molar-refractivity contribution in [3.8, 4) is 0 Å². The van der Waals surface area contributed by atoms with Crippen LogP contribution < -0.4 is 113 Å². The number of allylic oxidation sites excluding steroid dienone is 2. The van der Waals surface area contributed by atoms with Gasteiger partial charge in [-0.3, -0.25) is 17.6 Å². The molecule has 0 amide bonds. The van der Waals surface area contributed by atoms with Crippen molar-refractivity contribution in [2.75, 3.05) is 40.0 Å². The first kappa shape index (κ1) is 112. The van der Waals surface area contributed by atoms with Gasteiger partial charge in [0.05, 0.1) is 26.7 Å². The van der Waals surface area contributed by atoms with Crippen molar-refractivity contribution in [3.63, 3.8) is 0 Å². The number of carboxylic acid groups (broad SMARTS) is 2. The molecule has 0 atom stereocenters. The summed E-state index contributed by atoms with van der Waals surface area (Å²) in [4.78, 5) is 36.0. The summed E-state index contributed by atoms with van der Waals surface area (Å²) < 4.78 is 166. The van der Waals surface area contributed by atoms with Crippen LogP contribution in [0.25, 0.3) is 0 Å². The molecule has 0 spiro atoms. The molecule has 25 heteroatoms. The van der Waals surface area contributed by atoms with Crippen molar-refractivity contribution in [1.82, 2.24) is 0 Å². The summed E-state index contributed by atoms with van der Waals surface area (Å²) >= 11 is 0. The maximum atomic E-state index is 11.2. The van der Waals surface area contributed by atoms with Gasteiger partial charge in [-0.15, -0.1) is 0 Å². The summed E-state index contributed by atoms with van der Waals surface area (Å²) in [5, 5.41) is 16.7. The van der Waals surface area contributed by atoms with Crippen molar-refractivity contribution in [2.24, 2.45) is 0 Å². The van der Waals surface area contributed by atoms with Gasteiger partial charge >= 0.3 is 128 Å². The Balaban J connectivity index is -0.0000000205. The standard InChI is InChI=1S/C4H9F.C4H7F.2C3H4F2O2.C3H8.C2H3FO.3C2H5F.C2H4O.C2H6.2CHF3.CH4.FH.2K/c2*1-2-3-4-5;2*1-3(4,5)2(6)7;1-3-2;3-1-2-4;4*1-2-3;1-2;2*2-1(3)4;;;;/h2-4H2,1H3;2-3H,4H2,1H3;2*1H3,(H,6,7);3H2,1-2H3;2H,1H2;3*2H2,1H3;2H,1H3;1-2H3;2*1H;1H4;1H;;/q;;;;;;;;;;;;;;;2*+1/p-2. The second-order valence-corrected chi connectivity index (χ2v) is 6.70. The minimum Gasteiger partial charge on any atom is -1.00 e. The van der Waals surface area contributed by atoms with E-state index in [1.54, 1.807) is 13.0 Å². The van der Waals surface area contributed by atoms with Crippen molar-refractivity contribution in [1.29, 1.82) is 0 Å². The van der Waals surface area contributed by atoms with Gasteiger partial charge in [-0.1, -0.05) is 67.0 Å². The number of aldehydes is 2. The van der Waals surface area contributed by atoms with Crippen LogP contribution in [0.3, 0.4) is 0 Å². The van der Waals surface area contributed by atoms with Crippen molar-refractivity contribution in [2.45, 2.75) is 135 Å². The molecule has 0 fully saturated rings. The van der Waals surface area contributed by atoms with Gasteiger partial charge in [0.25, 0.3) is 5.92 Å². The molecule has 1 N–H and O–H groups in total. The number of hydrogen-bond acceptors (Lipinski definition) is 5. The van der Waals surface area contributed by atoms with E-state index in [2.05, 4.69) is 13.8 Å². The molecule has 0 aromatic carbocycles. The molecule has 6 nitrogen and oxygen atoms in total. The number of carbonyl (C=O) groups excluding carboxylic acids is 3. The van der Waals surface area contributed by atoms with E-state index in [9.17, 15) is 75.0 Å². The van der Waals surface area contributed by atoms with E-state index in [-0.39, 0.29) is 161 Å². The minimum absolute atomic E-state index is 0. The Bertz CT molecular complexity index is 565. The van der Waals surface area contributed by atoms with Crippen LogP contribution in [-0.2, 0) is 19.2 Å². The number of aliphatic carboxylic acids is 2. The SMILES string of the molecule is C.CC.CC(F)(F)C(=O)O.CC(F)(F)C(=O)[O-].CC=CCF.CC=O.CCC.CCCCF.CCF.CCF.CCF.FC(F)F.FC(F)F.O=CCF.[F-].[K+].[K+]. The first-order chi connectivity index (χ1) is 24.2. The number of unbranched alkanes of at least 4 members (excludes halogenated alkanes) is 1. The summed E-state index contributed by atoms with van der Waals surface area (Å²) in [5.41, 5.74) is 0. The Labute approximate surface area is 414 Å². The molecule has 350 valence electrons. The quantitative estimate of drug-likeness (QED) is 0.190. The summed E-state index contributed by atoms with van der Waals surface area (Å²) in [5.74, 6) is -11.7. The predicted molar refractivity (Wildman–Crippen MR) is 183 cm³/mol. The van der Waals surface area contributed by atoms with Crippen LogP contribution in [0.15, 0.2) is 12.2 Å². The van der Waals surface area contributed by atoms with Gasteiger partial charge < -0.3 is 29.3 Å². The van der Waals surface area contributed by atoms with Crippen LogP contribution in [0, 0.1) is 0 Å². The van der Waals surface area contributed by atoms with E-state index < -0.39 is 43.8 Å². The molecule has 0 aromatic rings. The van der Waals surface area contributed by atoms with Gasteiger partial charge in [0, 0.05) is 13.8 Å². The zero-order valence-electron chi connectivity index (χ0n) is 34.7. The van der Waals surface area contributed by atoms with Gasteiger partial charge in [0.15, 0.2) is 6.29 Å². The van der Waals surface area contributed by atoms with Crippen LogP contribution in [0.4, 0.5) is 70.2 Å². The predicted octanol–water partition coefficient (Wildman–Crippen LogP) is 3.14. The van der Waals surface area contributed by atoms with Gasteiger partial charge in [-0.05, 0) is 41.0 Å². The Morgan fingerprint density at radius 1 is 0.667 bits per heavy atom. The molecule has 0 bridgehead atoms. The third-order valence-electron chi connectivity index (χ3n) is 1.61. The van der Waals surface area contributed by atoms with E-state index in [1.807, 2.05) is 20.8 Å². The molecule has 0 heterocycles. The topological polar surface area (TPSA) is 112 Å². The largest absolute Gasteiger partial charge is 1.00 e. The van der Waals surface area contributed by atoms with E-state index in [0.29, 0.717) is 6.92 Å². The van der Waals surface area contributed by atoms with Gasteiger partial charge in [0.1, 0.15) is 25.6 Å². The summed E-state index contributed by atoms with van der Waals surface area (Å²) in [6.45, 7) is 8.99. The third-order valence-corrected chi connectivity index (χ3v) is 1.61. The number of alkyl halides is 16. The number of carboxylic acids is 2. The van der Waals surface area contributed by atoms with Crippen LogP contribution >= 0.6 is 0 Å². The van der Waals surface area contributed by atoms with E-state index in [1.165, 1.54) is 40.2 Å². The van der Waals surface area contributed by atoms with Crippen LogP contribution in [0.1, 0.15) is 110 Å². The second-order valence-electron chi connectivity index (χ2n) is 6.70. The zero-order valence-corrected chi connectivity index (χ0v) is 41.0. The smallest absolute Gasteiger partial charge is 1.00 e. The van der Waals surface area contributed by atoms with Crippen LogP contribution in [-0.4, -0.2) is 94.9 Å². The molecule has 0 aliphatic rings. The van der Waals surface area contributed by atoms with E-state index in [0.717, 1.165) is 19.1 Å². The summed E-state index contributed by atoms with van der Waals surface area (Å²) in [6.07, 6.45) is 7.04. The maximum Gasteiger partial charge on any atom is 1.00 e.